The van der Waals surface area contributed by atoms with Gasteiger partial charge in [-0.2, -0.15) is 18.6 Å². The minimum absolute atomic E-state index is 0.00698. The normalized spacial score (nSPS) is 10.4. The zero-order valence-electron chi connectivity index (χ0n) is 22.1. The highest BCUT2D eigenvalue weighted by Gasteiger charge is 2.22. The van der Waals surface area contributed by atoms with Crippen LogP contribution in [0.4, 0.5) is 16.4 Å². The number of tetrazole rings is 1. The van der Waals surface area contributed by atoms with E-state index in [2.05, 4.69) is 50.2 Å². The molecule has 43 heavy (non-hydrogen) atoms. The summed E-state index contributed by atoms with van der Waals surface area (Å²) >= 11 is 0. The number of methoxy groups -OCH3 is 1. The van der Waals surface area contributed by atoms with Gasteiger partial charge in [-0.25, -0.2) is 14.8 Å². The van der Waals surface area contributed by atoms with Crippen molar-refractivity contribution in [2.45, 2.75) is 0 Å². The Balaban J connectivity index is 1.48. The lowest BCUT2D eigenvalue weighted by molar-refractivity contribution is 0.135. The third-order valence-electron chi connectivity index (χ3n) is 5.30. The summed E-state index contributed by atoms with van der Waals surface area (Å²) in [7, 11) is -1.50. The van der Waals surface area contributed by atoms with E-state index in [-0.39, 0.29) is 48.1 Å². The molecule has 0 radical (unpaired) electrons. The van der Waals surface area contributed by atoms with Gasteiger partial charge in [-0.1, -0.05) is 18.2 Å². The molecule has 0 bridgehead atoms. The first-order valence-corrected chi connectivity index (χ1v) is 13.2. The highest BCUT2D eigenvalue weighted by molar-refractivity contribution is 7.61. The summed E-state index contributed by atoms with van der Waals surface area (Å²) in [6.45, 7) is -0.429. The molecule has 0 fully saturated rings. The van der Waals surface area contributed by atoms with Gasteiger partial charge < -0.3 is 18.9 Å². The van der Waals surface area contributed by atoms with Crippen molar-refractivity contribution < 1.29 is 32.2 Å². The first-order valence-electron chi connectivity index (χ1n) is 12.2. The average molecular weight is 605 g/mol. The second kappa shape index (κ2) is 13.5. The predicted molar refractivity (Wildman–Crippen MR) is 147 cm³/mol. The molecule has 1 aromatic carbocycles. The zero-order chi connectivity index (χ0) is 30.0. The van der Waals surface area contributed by atoms with Crippen molar-refractivity contribution in [2.75, 3.05) is 25.6 Å². The quantitative estimate of drug-likeness (QED) is 0.207. The molecule has 0 aliphatic heterocycles. The van der Waals surface area contributed by atoms with Gasteiger partial charge in [0.25, 0.3) is 5.88 Å². The lowest BCUT2D eigenvalue weighted by atomic mass is 10.2. The topological polar surface area (TPSA) is 219 Å². The SMILES string of the molecule is COc1ccccc1Oc1c(N=S(=O)=O)nc(-c2ccnc(-c3nn[nH]n3)c2)nc1OCCOC(=O)Nc1ccccn1. The van der Waals surface area contributed by atoms with Crippen LogP contribution in [0.25, 0.3) is 22.9 Å². The highest BCUT2D eigenvalue weighted by atomic mass is 32.2. The molecule has 18 heteroatoms. The Morgan fingerprint density at radius 2 is 1.81 bits per heavy atom. The Labute approximate surface area is 244 Å². The molecule has 1 amide bonds. The van der Waals surface area contributed by atoms with E-state index < -0.39 is 16.6 Å². The van der Waals surface area contributed by atoms with E-state index >= 15 is 0 Å². The Morgan fingerprint density at radius 1 is 0.977 bits per heavy atom. The lowest BCUT2D eigenvalue weighted by Gasteiger charge is -2.15. The number of carbonyl (C=O) groups is 1. The summed E-state index contributed by atoms with van der Waals surface area (Å²) < 4.78 is 49.3. The average Bonchev–Trinajstić information content (AvgIpc) is 3.56. The monoisotopic (exact) mass is 604 g/mol. The van der Waals surface area contributed by atoms with Crippen LogP contribution < -0.4 is 19.5 Å². The molecule has 2 N–H and O–H groups in total. The predicted octanol–water partition coefficient (Wildman–Crippen LogP) is 3.24. The Morgan fingerprint density at radius 3 is 2.56 bits per heavy atom. The second-order valence-electron chi connectivity index (χ2n) is 8.06. The summed E-state index contributed by atoms with van der Waals surface area (Å²) in [5.74, 6) is 0.249. The second-order valence-corrected chi connectivity index (χ2v) is 8.67. The highest BCUT2D eigenvalue weighted by Crippen LogP contribution is 2.42. The summed E-state index contributed by atoms with van der Waals surface area (Å²) in [6, 6.07) is 14.8. The Bertz CT molecular complexity index is 1850. The fourth-order valence-corrected chi connectivity index (χ4v) is 3.76. The molecule has 0 spiro atoms. The van der Waals surface area contributed by atoms with Crippen LogP contribution in [0.3, 0.4) is 0 Å². The number of nitrogens with one attached hydrogen (secondary N) is 2. The molecular formula is C25H20N10O7S. The fraction of sp³-hybridized carbons (Fsp3) is 0.120. The number of para-hydroxylation sites is 2. The van der Waals surface area contributed by atoms with E-state index in [0.29, 0.717) is 22.8 Å². The van der Waals surface area contributed by atoms with Crippen LogP contribution in [0.2, 0.25) is 0 Å². The molecule has 5 aromatic rings. The van der Waals surface area contributed by atoms with E-state index in [4.69, 9.17) is 18.9 Å². The van der Waals surface area contributed by atoms with Crippen molar-refractivity contribution in [3.05, 3.63) is 67.0 Å². The number of nitrogens with zero attached hydrogens (tertiary/aromatic N) is 8. The van der Waals surface area contributed by atoms with Crippen LogP contribution in [-0.4, -0.2) is 75.4 Å². The minimum Gasteiger partial charge on any atom is -0.493 e. The number of benzene rings is 1. The third kappa shape index (κ3) is 7.38. The number of ether oxygens (including phenoxy) is 4. The van der Waals surface area contributed by atoms with Crippen molar-refractivity contribution in [1.82, 2.24) is 40.6 Å². The Kier molecular flexibility index (Phi) is 8.97. The summed E-state index contributed by atoms with van der Waals surface area (Å²) in [5, 5.41) is 16.2. The molecule has 17 nitrogen and oxygen atoms in total. The fourth-order valence-electron chi connectivity index (χ4n) is 3.49. The lowest BCUT2D eigenvalue weighted by Crippen LogP contribution is -2.18. The van der Waals surface area contributed by atoms with Crippen LogP contribution in [0.5, 0.6) is 23.1 Å². The number of aromatic nitrogens is 8. The number of hydrogen-bond acceptors (Lipinski definition) is 15. The van der Waals surface area contributed by atoms with E-state index in [1.165, 1.54) is 19.5 Å². The maximum Gasteiger partial charge on any atom is 0.412 e. The standard InChI is InChI=1S/C25H20N10O7S/c1-39-17-6-2-3-7-18(17)42-20-23(33-43(37)38)29-21(15-9-11-26-16(14-15)22-31-34-35-32-22)30-24(20)40-12-13-41-25(36)28-19-8-4-5-10-27-19/h2-11,14H,12-13H2,1H3,(H,27,28,36)(H,31,32,34,35). The number of anilines is 1. The zero-order valence-corrected chi connectivity index (χ0v) is 22.9. The van der Waals surface area contributed by atoms with Gasteiger partial charge in [0.15, 0.2) is 17.3 Å². The van der Waals surface area contributed by atoms with Gasteiger partial charge in [0.1, 0.15) is 24.7 Å². The minimum atomic E-state index is -2.94. The molecule has 0 aliphatic rings. The van der Waals surface area contributed by atoms with Gasteiger partial charge >= 0.3 is 16.6 Å². The van der Waals surface area contributed by atoms with E-state index in [1.807, 2.05) is 0 Å². The number of aromatic amines is 1. The van der Waals surface area contributed by atoms with Crippen molar-refractivity contribution in [3.8, 4) is 46.0 Å². The molecule has 0 saturated heterocycles. The van der Waals surface area contributed by atoms with Gasteiger partial charge in [-0.3, -0.25) is 10.3 Å². The number of carbonyl (C=O) groups excluding carboxylic acids is 1. The largest absolute Gasteiger partial charge is 0.493 e. The maximum absolute atomic E-state index is 12.1. The molecule has 0 aliphatic carbocycles. The first-order chi connectivity index (χ1) is 21.0. The molecule has 0 saturated carbocycles. The summed E-state index contributed by atoms with van der Waals surface area (Å²) in [4.78, 5) is 29.1. The Hall–Kier alpha value is -6.04. The molecule has 0 atom stereocenters. The number of pyridine rings is 2. The van der Waals surface area contributed by atoms with Gasteiger partial charge in [0.05, 0.1) is 7.11 Å². The number of H-pyrrole nitrogens is 1. The number of hydrogen-bond donors (Lipinski definition) is 2. The third-order valence-corrected chi connectivity index (χ3v) is 5.62. The smallest absolute Gasteiger partial charge is 0.412 e. The van der Waals surface area contributed by atoms with Crippen LogP contribution in [0, 0.1) is 0 Å². The van der Waals surface area contributed by atoms with E-state index in [9.17, 15) is 13.2 Å². The van der Waals surface area contributed by atoms with Crippen molar-refractivity contribution in [1.29, 1.82) is 0 Å². The van der Waals surface area contributed by atoms with Crippen molar-refractivity contribution >= 4 is 28.2 Å². The van der Waals surface area contributed by atoms with E-state index in [0.717, 1.165) is 0 Å². The molecule has 218 valence electrons. The van der Waals surface area contributed by atoms with Gasteiger partial charge in [0.2, 0.25) is 17.4 Å². The molecule has 5 rings (SSSR count). The van der Waals surface area contributed by atoms with E-state index in [1.54, 1.807) is 54.6 Å². The molecule has 0 unspecified atom stereocenters. The van der Waals surface area contributed by atoms with Gasteiger partial charge in [-0.05, 0) is 41.6 Å². The molecular weight excluding hydrogens is 584 g/mol. The summed E-state index contributed by atoms with van der Waals surface area (Å²) in [5.41, 5.74) is 0.729. The van der Waals surface area contributed by atoms with Gasteiger partial charge in [-0.15, -0.1) is 14.6 Å². The number of amides is 1. The van der Waals surface area contributed by atoms with Crippen molar-refractivity contribution in [2.24, 2.45) is 4.36 Å². The van der Waals surface area contributed by atoms with Gasteiger partial charge in [0, 0.05) is 18.0 Å². The van der Waals surface area contributed by atoms with Crippen LogP contribution in [0.1, 0.15) is 0 Å². The number of rotatable bonds is 11. The van der Waals surface area contributed by atoms with Crippen LogP contribution in [-0.2, 0) is 15.2 Å². The van der Waals surface area contributed by atoms with Crippen LogP contribution >= 0.6 is 0 Å². The van der Waals surface area contributed by atoms with Crippen LogP contribution in [0.15, 0.2) is 71.4 Å². The molecule has 4 heterocycles. The summed E-state index contributed by atoms with van der Waals surface area (Å²) in [6.07, 6.45) is 2.21. The van der Waals surface area contributed by atoms with Crippen molar-refractivity contribution in [3.63, 3.8) is 0 Å². The first kappa shape index (κ1) is 28.5. The maximum atomic E-state index is 12.1. The molecule has 4 aromatic heterocycles.